The summed E-state index contributed by atoms with van der Waals surface area (Å²) in [6.07, 6.45) is 1.32. The Bertz CT molecular complexity index is 174. The monoisotopic (exact) mass is 168 g/mol. The Balaban J connectivity index is 3.56. The molecule has 0 saturated heterocycles. The molecule has 0 heterocycles. The summed E-state index contributed by atoms with van der Waals surface area (Å²) in [5.41, 5.74) is 0. The summed E-state index contributed by atoms with van der Waals surface area (Å²) in [6.45, 7) is 3.86. The maximum absolute atomic E-state index is 11.9. The molecule has 0 radical (unpaired) electrons. The summed E-state index contributed by atoms with van der Waals surface area (Å²) in [7, 11) is -4.23. The Morgan fingerprint density at radius 2 is 2.00 bits per heavy atom. The van der Waals surface area contributed by atoms with E-state index in [1.54, 1.807) is 0 Å². The zero-order valence-corrected chi connectivity index (χ0v) is 7.12. The third-order valence-corrected chi connectivity index (χ3v) is 2.27. The van der Waals surface area contributed by atoms with E-state index in [2.05, 4.69) is 0 Å². The van der Waals surface area contributed by atoms with Gasteiger partial charge in [0.15, 0.2) is 0 Å². The molecule has 0 rings (SSSR count). The lowest BCUT2D eigenvalue weighted by molar-refractivity contribution is 0.513. The molecule has 0 bridgehead atoms. The average molecular weight is 168 g/mol. The molecule has 0 aliphatic rings. The van der Waals surface area contributed by atoms with Crippen molar-refractivity contribution >= 4 is 10.2 Å². The molecule has 0 aliphatic carbocycles. The molecule has 4 heteroatoms. The van der Waals surface area contributed by atoms with Gasteiger partial charge in [0.2, 0.25) is 0 Å². The highest BCUT2D eigenvalue weighted by Gasteiger charge is 2.08. The van der Waals surface area contributed by atoms with Crippen molar-refractivity contribution in [3.63, 3.8) is 0 Å². The average Bonchev–Trinajstić information content (AvgIpc) is 1.81. The summed E-state index contributed by atoms with van der Waals surface area (Å²) in [4.78, 5) is 0. The fourth-order valence-corrected chi connectivity index (χ4v) is 1.23. The number of rotatable bonds is 4. The summed E-state index contributed by atoms with van der Waals surface area (Å²) < 4.78 is 31.8. The molecule has 0 N–H and O–H groups in total. The van der Waals surface area contributed by atoms with Gasteiger partial charge in [-0.3, -0.25) is 0 Å². The van der Waals surface area contributed by atoms with Crippen molar-refractivity contribution in [2.24, 2.45) is 5.92 Å². The van der Waals surface area contributed by atoms with Gasteiger partial charge in [-0.2, -0.15) is 8.42 Å². The lowest BCUT2D eigenvalue weighted by atomic mass is 10.1. The summed E-state index contributed by atoms with van der Waals surface area (Å²) >= 11 is 0. The van der Waals surface area contributed by atoms with Crippen LogP contribution >= 0.6 is 0 Å². The highest BCUT2D eigenvalue weighted by Crippen LogP contribution is 2.08. The van der Waals surface area contributed by atoms with Crippen LogP contribution in [0.2, 0.25) is 0 Å². The third kappa shape index (κ3) is 6.01. The predicted molar refractivity (Wildman–Crippen MR) is 39.0 cm³/mol. The first-order valence-corrected chi connectivity index (χ1v) is 4.93. The van der Waals surface area contributed by atoms with Crippen molar-refractivity contribution in [2.75, 3.05) is 5.75 Å². The van der Waals surface area contributed by atoms with E-state index in [9.17, 15) is 12.3 Å². The van der Waals surface area contributed by atoms with Crippen LogP contribution in [0.3, 0.4) is 0 Å². The maximum Gasteiger partial charge on any atom is 0.302 e. The first-order chi connectivity index (χ1) is 4.45. The molecule has 0 spiro atoms. The van der Waals surface area contributed by atoms with Gasteiger partial charge < -0.3 is 0 Å². The number of hydrogen-bond donors (Lipinski definition) is 0. The zero-order valence-electron chi connectivity index (χ0n) is 6.30. The molecule has 0 saturated carbocycles. The fraction of sp³-hybridized carbons (Fsp3) is 1.00. The Morgan fingerprint density at radius 1 is 1.50 bits per heavy atom. The molecule has 0 aromatic carbocycles. The minimum Gasteiger partial charge on any atom is -0.195 e. The standard InChI is InChI=1S/C6H13FO2S/c1-3-6(2)4-5-10(7,8)9/h6H,3-5H2,1-2H3. The summed E-state index contributed by atoms with van der Waals surface area (Å²) in [6, 6.07) is 0. The minimum absolute atomic E-state index is 0.297. The van der Waals surface area contributed by atoms with Crippen molar-refractivity contribution < 1.29 is 12.3 Å². The smallest absolute Gasteiger partial charge is 0.195 e. The lowest BCUT2D eigenvalue weighted by Gasteiger charge is -2.03. The number of halogens is 1. The first-order valence-electron chi connectivity index (χ1n) is 3.38. The van der Waals surface area contributed by atoms with E-state index in [-0.39, 0.29) is 5.75 Å². The van der Waals surface area contributed by atoms with Gasteiger partial charge in [-0.05, 0) is 12.3 Å². The first kappa shape index (κ1) is 9.88. The molecule has 0 aromatic rings. The van der Waals surface area contributed by atoms with Crippen molar-refractivity contribution in [1.82, 2.24) is 0 Å². The molecule has 1 unspecified atom stereocenters. The van der Waals surface area contributed by atoms with E-state index in [0.717, 1.165) is 6.42 Å². The predicted octanol–water partition coefficient (Wildman–Crippen LogP) is 1.72. The van der Waals surface area contributed by atoms with E-state index in [1.165, 1.54) is 0 Å². The van der Waals surface area contributed by atoms with Gasteiger partial charge in [0.05, 0.1) is 5.75 Å². The van der Waals surface area contributed by atoms with Crippen LogP contribution in [0, 0.1) is 5.92 Å². The van der Waals surface area contributed by atoms with Crippen LogP contribution in [-0.2, 0) is 10.2 Å². The van der Waals surface area contributed by atoms with E-state index in [1.807, 2.05) is 13.8 Å². The van der Waals surface area contributed by atoms with Gasteiger partial charge in [-0.15, -0.1) is 3.89 Å². The SMILES string of the molecule is CCC(C)CCS(=O)(=O)F. The van der Waals surface area contributed by atoms with Gasteiger partial charge in [-0.1, -0.05) is 20.3 Å². The van der Waals surface area contributed by atoms with E-state index >= 15 is 0 Å². The quantitative estimate of drug-likeness (QED) is 0.599. The Hall–Kier alpha value is -0.120. The second-order valence-corrected chi connectivity index (χ2v) is 4.03. The lowest BCUT2D eigenvalue weighted by Crippen LogP contribution is -2.03. The Kier molecular flexibility index (Phi) is 3.86. The van der Waals surface area contributed by atoms with E-state index in [0.29, 0.717) is 12.3 Å². The van der Waals surface area contributed by atoms with Gasteiger partial charge in [-0.25, -0.2) is 0 Å². The van der Waals surface area contributed by atoms with Crippen molar-refractivity contribution in [1.29, 1.82) is 0 Å². The van der Waals surface area contributed by atoms with Crippen LogP contribution in [0.5, 0.6) is 0 Å². The number of hydrogen-bond acceptors (Lipinski definition) is 2. The van der Waals surface area contributed by atoms with Crippen molar-refractivity contribution in [2.45, 2.75) is 26.7 Å². The molecule has 1 atom stereocenters. The summed E-state index contributed by atoms with van der Waals surface area (Å²) in [5, 5.41) is 0. The van der Waals surface area contributed by atoms with Crippen LogP contribution in [0.4, 0.5) is 3.89 Å². The van der Waals surface area contributed by atoms with Crippen LogP contribution < -0.4 is 0 Å². The highest BCUT2D eigenvalue weighted by atomic mass is 32.3. The van der Waals surface area contributed by atoms with Crippen LogP contribution in [0.15, 0.2) is 0 Å². The van der Waals surface area contributed by atoms with Gasteiger partial charge in [0.1, 0.15) is 0 Å². The Labute approximate surface area is 61.7 Å². The largest absolute Gasteiger partial charge is 0.302 e. The topological polar surface area (TPSA) is 34.1 Å². The second kappa shape index (κ2) is 3.91. The molecule has 0 amide bonds. The fourth-order valence-electron chi connectivity index (χ4n) is 0.546. The normalized spacial score (nSPS) is 15.1. The molecular weight excluding hydrogens is 155 g/mol. The molecule has 0 aliphatic heterocycles. The summed E-state index contributed by atoms with van der Waals surface area (Å²) in [5.74, 6) is -0.0346. The van der Waals surface area contributed by atoms with Crippen molar-refractivity contribution in [3.05, 3.63) is 0 Å². The third-order valence-electron chi connectivity index (χ3n) is 1.55. The molecule has 0 aromatic heterocycles. The minimum atomic E-state index is -4.23. The molecular formula is C6H13FO2S. The molecule has 0 fully saturated rings. The van der Waals surface area contributed by atoms with Gasteiger partial charge >= 0.3 is 10.2 Å². The molecule has 2 nitrogen and oxygen atoms in total. The maximum atomic E-state index is 11.9. The second-order valence-electron chi connectivity index (χ2n) is 2.55. The van der Waals surface area contributed by atoms with Gasteiger partial charge in [0, 0.05) is 0 Å². The zero-order chi connectivity index (χ0) is 8.20. The van der Waals surface area contributed by atoms with Gasteiger partial charge in [0.25, 0.3) is 0 Å². The van der Waals surface area contributed by atoms with Crippen molar-refractivity contribution in [3.8, 4) is 0 Å². The van der Waals surface area contributed by atoms with E-state index in [4.69, 9.17) is 0 Å². The Morgan fingerprint density at radius 3 is 2.30 bits per heavy atom. The van der Waals surface area contributed by atoms with Crippen LogP contribution in [-0.4, -0.2) is 14.2 Å². The van der Waals surface area contributed by atoms with Crippen LogP contribution in [0.1, 0.15) is 26.7 Å². The van der Waals surface area contributed by atoms with Crippen LogP contribution in [0.25, 0.3) is 0 Å². The highest BCUT2D eigenvalue weighted by molar-refractivity contribution is 7.86. The molecule has 10 heavy (non-hydrogen) atoms. The van der Waals surface area contributed by atoms with E-state index < -0.39 is 10.2 Å². The molecule has 62 valence electrons.